The molecule has 0 aromatic heterocycles. The first kappa shape index (κ1) is 13.5. The Morgan fingerprint density at radius 2 is 2.06 bits per heavy atom. The minimum atomic E-state index is -0.742. The van der Waals surface area contributed by atoms with Crippen LogP contribution in [-0.2, 0) is 4.79 Å². The van der Waals surface area contributed by atoms with Crippen LogP contribution in [0.1, 0.15) is 51.9 Å². The second kappa shape index (κ2) is 6.89. The predicted molar refractivity (Wildman–Crippen MR) is 65.2 cm³/mol. The molecule has 0 spiro atoms. The molecule has 0 radical (unpaired) electrons. The van der Waals surface area contributed by atoms with E-state index in [4.69, 9.17) is 10.8 Å². The fourth-order valence-corrected chi connectivity index (χ4v) is 2.27. The van der Waals surface area contributed by atoms with Crippen molar-refractivity contribution in [2.24, 2.45) is 23.5 Å². The Kier molecular flexibility index (Phi) is 5.81. The molecule has 0 bridgehead atoms. The van der Waals surface area contributed by atoms with E-state index in [0.29, 0.717) is 5.92 Å². The normalized spacial score (nSPS) is 20.1. The van der Waals surface area contributed by atoms with Crippen molar-refractivity contribution in [3.05, 3.63) is 0 Å². The van der Waals surface area contributed by atoms with Crippen LogP contribution < -0.4 is 5.73 Å². The summed E-state index contributed by atoms with van der Waals surface area (Å²) in [6.45, 7) is 2.50. The summed E-state index contributed by atoms with van der Waals surface area (Å²) in [5.41, 5.74) is 5.43. The molecule has 1 fully saturated rings. The van der Waals surface area contributed by atoms with Crippen molar-refractivity contribution in [2.75, 3.05) is 6.54 Å². The predicted octanol–water partition coefficient (Wildman–Crippen LogP) is 2.64. The molecular formula is C13H25NO2. The van der Waals surface area contributed by atoms with Gasteiger partial charge in [-0.3, -0.25) is 4.79 Å². The van der Waals surface area contributed by atoms with Crippen LogP contribution in [-0.4, -0.2) is 17.6 Å². The van der Waals surface area contributed by atoms with Crippen LogP contribution >= 0.6 is 0 Å². The lowest BCUT2D eigenvalue weighted by atomic mass is 9.80. The minimum Gasteiger partial charge on any atom is -0.481 e. The fraction of sp³-hybridized carbons (Fsp3) is 0.923. The topological polar surface area (TPSA) is 63.3 Å². The van der Waals surface area contributed by atoms with Crippen LogP contribution in [0.5, 0.6) is 0 Å². The molecule has 1 saturated carbocycles. The summed E-state index contributed by atoms with van der Waals surface area (Å²) in [4.78, 5) is 10.8. The van der Waals surface area contributed by atoms with Crippen molar-refractivity contribution in [2.45, 2.75) is 51.9 Å². The Morgan fingerprint density at radius 3 is 2.50 bits per heavy atom. The van der Waals surface area contributed by atoms with Gasteiger partial charge in [0.2, 0.25) is 0 Å². The van der Waals surface area contributed by atoms with Gasteiger partial charge in [0.25, 0.3) is 0 Å². The van der Waals surface area contributed by atoms with Crippen LogP contribution in [0.4, 0.5) is 0 Å². The van der Waals surface area contributed by atoms with Crippen molar-refractivity contribution in [3.8, 4) is 0 Å². The molecule has 3 nitrogen and oxygen atoms in total. The van der Waals surface area contributed by atoms with Crippen molar-refractivity contribution in [1.29, 1.82) is 0 Å². The molecule has 3 N–H and O–H groups in total. The molecule has 0 aliphatic heterocycles. The molecule has 0 amide bonds. The lowest BCUT2D eigenvalue weighted by Gasteiger charge is -2.26. The van der Waals surface area contributed by atoms with E-state index in [2.05, 4.69) is 6.92 Å². The van der Waals surface area contributed by atoms with Gasteiger partial charge in [-0.15, -0.1) is 0 Å². The maximum absolute atomic E-state index is 10.8. The highest BCUT2D eigenvalue weighted by molar-refractivity contribution is 5.70. The summed E-state index contributed by atoms with van der Waals surface area (Å²) in [6, 6.07) is 0. The van der Waals surface area contributed by atoms with Crippen LogP contribution in [0.2, 0.25) is 0 Å². The van der Waals surface area contributed by atoms with Crippen LogP contribution in [0.25, 0.3) is 0 Å². The van der Waals surface area contributed by atoms with Gasteiger partial charge in [-0.1, -0.05) is 39.0 Å². The SMILES string of the molecule is CC(CCC1CCC1)CCC(CN)C(=O)O. The number of carbonyl (C=O) groups is 1. The third kappa shape index (κ3) is 4.52. The third-order valence-electron chi connectivity index (χ3n) is 3.93. The number of hydrogen-bond donors (Lipinski definition) is 2. The molecule has 16 heavy (non-hydrogen) atoms. The van der Waals surface area contributed by atoms with Gasteiger partial charge < -0.3 is 10.8 Å². The highest BCUT2D eigenvalue weighted by Crippen LogP contribution is 2.32. The summed E-state index contributed by atoms with van der Waals surface area (Å²) >= 11 is 0. The van der Waals surface area contributed by atoms with Crippen LogP contribution in [0.15, 0.2) is 0 Å². The van der Waals surface area contributed by atoms with Gasteiger partial charge in [-0.05, 0) is 24.7 Å². The number of nitrogens with two attached hydrogens (primary N) is 1. The van der Waals surface area contributed by atoms with Gasteiger partial charge in [0, 0.05) is 6.54 Å². The summed E-state index contributed by atoms with van der Waals surface area (Å²) in [7, 11) is 0. The number of aliphatic carboxylic acids is 1. The van der Waals surface area contributed by atoms with Crippen LogP contribution in [0, 0.1) is 17.8 Å². The second-order valence-electron chi connectivity index (χ2n) is 5.33. The van der Waals surface area contributed by atoms with E-state index in [1.54, 1.807) is 0 Å². The first-order valence-corrected chi connectivity index (χ1v) is 6.56. The summed E-state index contributed by atoms with van der Waals surface area (Å²) < 4.78 is 0. The van der Waals surface area contributed by atoms with E-state index in [-0.39, 0.29) is 12.5 Å². The Morgan fingerprint density at radius 1 is 1.38 bits per heavy atom. The number of carboxylic acid groups (broad SMARTS) is 1. The van der Waals surface area contributed by atoms with Crippen molar-refractivity contribution in [3.63, 3.8) is 0 Å². The highest BCUT2D eigenvalue weighted by Gasteiger charge is 2.19. The van der Waals surface area contributed by atoms with E-state index in [9.17, 15) is 4.79 Å². The molecule has 0 heterocycles. The lowest BCUT2D eigenvalue weighted by Crippen LogP contribution is -2.23. The zero-order chi connectivity index (χ0) is 12.0. The maximum atomic E-state index is 10.8. The quantitative estimate of drug-likeness (QED) is 0.670. The van der Waals surface area contributed by atoms with Crippen molar-refractivity contribution < 1.29 is 9.90 Å². The van der Waals surface area contributed by atoms with E-state index >= 15 is 0 Å². The van der Waals surface area contributed by atoms with Crippen molar-refractivity contribution >= 4 is 5.97 Å². The standard InChI is InChI=1S/C13H25NO2/c1-10(5-7-11-3-2-4-11)6-8-12(9-14)13(15)16/h10-12H,2-9,14H2,1H3,(H,15,16). The highest BCUT2D eigenvalue weighted by atomic mass is 16.4. The van der Waals surface area contributed by atoms with E-state index in [1.807, 2.05) is 0 Å². The molecule has 1 aliphatic carbocycles. The molecule has 1 aliphatic rings. The molecule has 3 heteroatoms. The fourth-order valence-electron chi connectivity index (χ4n) is 2.27. The molecule has 0 saturated heterocycles. The zero-order valence-electron chi connectivity index (χ0n) is 10.3. The van der Waals surface area contributed by atoms with E-state index in [1.165, 1.54) is 32.1 Å². The van der Waals surface area contributed by atoms with Gasteiger partial charge in [-0.2, -0.15) is 0 Å². The average Bonchev–Trinajstić information content (AvgIpc) is 2.15. The Balaban J connectivity index is 2.07. The number of hydrogen-bond acceptors (Lipinski definition) is 2. The Hall–Kier alpha value is -0.570. The second-order valence-corrected chi connectivity index (χ2v) is 5.33. The summed E-state index contributed by atoms with van der Waals surface area (Å²) in [5, 5.41) is 8.87. The third-order valence-corrected chi connectivity index (χ3v) is 3.93. The van der Waals surface area contributed by atoms with E-state index < -0.39 is 5.97 Å². The molecule has 0 aromatic carbocycles. The van der Waals surface area contributed by atoms with Gasteiger partial charge in [-0.25, -0.2) is 0 Å². The Labute approximate surface area is 98.4 Å². The molecule has 2 atom stereocenters. The number of rotatable bonds is 8. The van der Waals surface area contributed by atoms with Gasteiger partial charge in [0.1, 0.15) is 0 Å². The first-order chi connectivity index (χ1) is 7.63. The summed E-state index contributed by atoms with van der Waals surface area (Å²) in [6.07, 6.45) is 8.55. The molecule has 2 unspecified atom stereocenters. The van der Waals surface area contributed by atoms with Crippen molar-refractivity contribution in [1.82, 2.24) is 0 Å². The van der Waals surface area contributed by atoms with E-state index in [0.717, 1.165) is 18.8 Å². The first-order valence-electron chi connectivity index (χ1n) is 6.56. The molecule has 0 aromatic rings. The Bertz CT molecular complexity index is 214. The average molecular weight is 227 g/mol. The molecule has 94 valence electrons. The van der Waals surface area contributed by atoms with Gasteiger partial charge in [0.15, 0.2) is 0 Å². The maximum Gasteiger partial charge on any atom is 0.307 e. The van der Waals surface area contributed by atoms with Gasteiger partial charge in [0.05, 0.1) is 5.92 Å². The smallest absolute Gasteiger partial charge is 0.307 e. The largest absolute Gasteiger partial charge is 0.481 e. The zero-order valence-corrected chi connectivity index (χ0v) is 10.3. The molecular weight excluding hydrogens is 202 g/mol. The minimum absolute atomic E-state index is 0.269. The number of carboxylic acids is 1. The summed E-state index contributed by atoms with van der Waals surface area (Å²) in [5.74, 6) is 0.529. The molecule has 1 rings (SSSR count). The monoisotopic (exact) mass is 227 g/mol. The van der Waals surface area contributed by atoms with Crippen LogP contribution in [0.3, 0.4) is 0 Å². The lowest BCUT2D eigenvalue weighted by molar-refractivity contribution is -0.141. The van der Waals surface area contributed by atoms with Gasteiger partial charge >= 0.3 is 5.97 Å².